The number of hydrogen-bond donors (Lipinski definition) is 2. The highest BCUT2D eigenvalue weighted by Gasteiger charge is 2.65. The number of rotatable bonds is 4. The normalized spacial score (nSPS) is 28.8. The first kappa shape index (κ1) is 19.8. The third-order valence-corrected chi connectivity index (χ3v) is 7.69. The van der Waals surface area contributed by atoms with E-state index in [1.807, 2.05) is 12.1 Å². The van der Waals surface area contributed by atoms with Crippen LogP contribution in [0, 0.1) is 11.8 Å². The predicted molar refractivity (Wildman–Crippen MR) is 119 cm³/mol. The maximum absolute atomic E-state index is 13.5. The second-order valence-corrected chi connectivity index (χ2v) is 9.72. The van der Waals surface area contributed by atoms with E-state index in [4.69, 9.17) is 16.7 Å². The number of anilines is 2. The third kappa shape index (κ3) is 2.74. The van der Waals surface area contributed by atoms with Crippen LogP contribution in [0.2, 0.25) is 5.02 Å². The van der Waals surface area contributed by atoms with Gasteiger partial charge in [0.1, 0.15) is 5.54 Å². The zero-order chi connectivity index (χ0) is 22.2. The number of carbonyl (C=O) groups excluding carboxylic acids is 2. The number of likely N-dealkylation sites (tertiary alicyclic amines) is 1. The summed E-state index contributed by atoms with van der Waals surface area (Å²) in [5.41, 5.74) is 1.68. The van der Waals surface area contributed by atoms with Crippen molar-refractivity contribution in [2.45, 2.75) is 30.8 Å². The number of carboxylic acid groups (broad SMARTS) is 1. The Balaban J connectivity index is 1.37. The van der Waals surface area contributed by atoms with Crippen LogP contribution in [0.4, 0.5) is 11.4 Å². The molecule has 8 heteroatoms. The summed E-state index contributed by atoms with van der Waals surface area (Å²) in [4.78, 5) is 42.1. The van der Waals surface area contributed by atoms with Gasteiger partial charge in [-0.1, -0.05) is 17.7 Å². The lowest BCUT2D eigenvalue weighted by atomic mass is 9.85. The van der Waals surface area contributed by atoms with Crippen LogP contribution in [0.1, 0.15) is 35.2 Å². The van der Waals surface area contributed by atoms with Crippen LogP contribution in [-0.2, 0) is 15.1 Å². The summed E-state index contributed by atoms with van der Waals surface area (Å²) in [6.45, 7) is 1.27. The van der Waals surface area contributed by atoms with Gasteiger partial charge in [0.25, 0.3) is 0 Å². The molecule has 2 saturated heterocycles. The highest BCUT2D eigenvalue weighted by Crippen LogP contribution is 2.55. The van der Waals surface area contributed by atoms with E-state index in [-0.39, 0.29) is 29.3 Å². The average Bonchev–Trinajstić information content (AvgIpc) is 3.38. The molecule has 6 rings (SSSR count). The molecule has 3 heterocycles. The lowest BCUT2D eigenvalue weighted by Gasteiger charge is -2.37. The Labute approximate surface area is 189 Å². The zero-order valence-electron chi connectivity index (χ0n) is 17.3. The molecule has 2 amide bonds. The summed E-state index contributed by atoms with van der Waals surface area (Å²) in [6, 6.07) is 11.8. The summed E-state index contributed by atoms with van der Waals surface area (Å²) in [6.07, 6.45) is 2.73. The first-order valence-corrected chi connectivity index (χ1v) is 11.3. The highest BCUT2D eigenvalue weighted by molar-refractivity contribution is 6.31. The van der Waals surface area contributed by atoms with Crippen molar-refractivity contribution in [1.29, 1.82) is 0 Å². The van der Waals surface area contributed by atoms with Crippen molar-refractivity contribution in [3.05, 3.63) is 58.6 Å². The Morgan fingerprint density at radius 3 is 2.59 bits per heavy atom. The summed E-state index contributed by atoms with van der Waals surface area (Å²) < 4.78 is 0. The zero-order valence-corrected chi connectivity index (χ0v) is 18.0. The summed E-state index contributed by atoms with van der Waals surface area (Å²) >= 11 is 6.17. The maximum Gasteiger partial charge on any atom is 0.335 e. The lowest BCUT2D eigenvalue weighted by molar-refractivity contribution is -0.127. The van der Waals surface area contributed by atoms with Gasteiger partial charge in [0.15, 0.2) is 0 Å². The van der Waals surface area contributed by atoms with Crippen molar-refractivity contribution in [2.75, 3.05) is 23.3 Å². The van der Waals surface area contributed by atoms with Gasteiger partial charge in [-0.15, -0.1) is 0 Å². The van der Waals surface area contributed by atoms with Gasteiger partial charge in [0, 0.05) is 41.1 Å². The van der Waals surface area contributed by atoms with Gasteiger partial charge < -0.3 is 15.3 Å². The fourth-order valence-electron chi connectivity index (χ4n) is 5.73. The Morgan fingerprint density at radius 2 is 1.91 bits per heavy atom. The summed E-state index contributed by atoms with van der Waals surface area (Å²) in [5.74, 6) is -0.820. The molecule has 3 atom stereocenters. The van der Waals surface area contributed by atoms with Gasteiger partial charge in [-0.2, -0.15) is 0 Å². The van der Waals surface area contributed by atoms with Gasteiger partial charge in [0.05, 0.1) is 11.5 Å². The predicted octanol–water partition coefficient (Wildman–Crippen LogP) is 3.33. The number of fused-ring (bicyclic) bond motifs is 3. The molecule has 1 spiro atoms. The van der Waals surface area contributed by atoms with Crippen molar-refractivity contribution in [1.82, 2.24) is 4.90 Å². The molecule has 0 bridgehead atoms. The fraction of sp³-hybridized carbons (Fsp3) is 0.375. The molecule has 0 radical (unpaired) electrons. The van der Waals surface area contributed by atoms with Crippen LogP contribution in [0.25, 0.3) is 0 Å². The first-order chi connectivity index (χ1) is 15.4. The molecule has 164 valence electrons. The molecule has 0 unspecified atom stereocenters. The van der Waals surface area contributed by atoms with E-state index in [1.54, 1.807) is 23.1 Å². The van der Waals surface area contributed by atoms with Gasteiger partial charge in [-0.05, 0) is 61.6 Å². The Morgan fingerprint density at radius 1 is 1.16 bits per heavy atom. The van der Waals surface area contributed by atoms with Crippen molar-refractivity contribution in [3.63, 3.8) is 0 Å². The summed E-state index contributed by atoms with van der Waals surface area (Å²) in [5, 5.41) is 12.7. The molecule has 1 saturated carbocycles. The number of benzene rings is 2. The first-order valence-electron chi connectivity index (χ1n) is 10.9. The van der Waals surface area contributed by atoms with Gasteiger partial charge in [-0.3, -0.25) is 14.5 Å². The Kier molecular flexibility index (Phi) is 4.20. The molecular formula is C24H22ClN3O4. The van der Waals surface area contributed by atoms with E-state index >= 15 is 0 Å². The van der Waals surface area contributed by atoms with E-state index < -0.39 is 11.5 Å². The second kappa shape index (κ2) is 6.80. The topological polar surface area (TPSA) is 89.9 Å². The van der Waals surface area contributed by atoms with Crippen LogP contribution < -0.4 is 10.2 Å². The molecule has 2 N–H and O–H groups in total. The lowest BCUT2D eigenvalue weighted by Crippen LogP contribution is -2.52. The van der Waals surface area contributed by atoms with Gasteiger partial charge in [0.2, 0.25) is 11.8 Å². The number of carboxylic acids is 1. The van der Waals surface area contributed by atoms with Crippen LogP contribution in [0.5, 0.6) is 0 Å². The highest BCUT2D eigenvalue weighted by atomic mass is 35.5. The maximum atomic E-state index is 13.5. The monoisotopic (exact) mass is 451 g/mol. The molecule has 32 heavy (non-hydrogen) atoms. The molecule has 1 aliphatic carbocycles. The largest absolute Gasteiger partial charge is 0.478 e. The van der Waals surface area contributed by atoms with E-state index in [0.29, 0.717) is 29.6 Å². The van der Waals surface area contributed by atoms with Crippen molar-refractivity contribution in [2.24, 2.45) is 11.8 Å². The molecule has 2 aromatic carbocycles. The second-order valence-electron chi connectivity index (χ2n) is 9.28. The smallest absolute Gasteiger partial charge is 0.335 e. The number of carbonyl (C=O) groups is 3. The van der Waals surface area contributed by atoms with E-state index in [0.717, 1.165) is 30.6 Å². The fourth-order valence-corrected chi connectivity index (χ4v) is 5.90. The van der Waals surface area contributed by atoms with E-state index in [2.05, 4.69) is 10.2 Å². The molecule has 0 aromatic heterocycles. The summed E-state index contributed by atoms with van der Waals surface area (Å²) in [7, 11) is 0. The van der Waals surface area contributed by atoms with Gasteiger partial charge in [-0.25, -0.2) is 4.79 Å². The molecule has 4 aliphatic rings. The minimum atomic E-state index is -0.996. The quantitative estimate of drug-likeness (QED) is 0.744. The Bertz CT molecular complexity index is 1160. The molecule has 3 fully saturated rings. The number of halogens is 1. The number of amides is 2. The minimum absolute atomic E-state index is 0.00837. The van der Waals surface area contributed by atoms with E-state index in [1.165, 1.54) is 12.1 Å². The molecular weight excluding hydrogens is 430 g/mol. The minimum Gasteiger partial charge on any atom is -0.478 e. The third-order valence-electron chi connectivity index (χ3n) is 7.45. The Hall–Kier alpha value is -2.90. The van der Waals surface area contributed by atoms with Crippen LogP contribution >= 0.6 is 11.6 Å². The SMILES string of the molecule is O=C(O)c1ccc(N2C[C@@H]3[C@@H](C[C@@]4(C(=O)Nc5cc(Cl)ccc54)N3CC3CC3)C2=O)cc1. The number of aromatic carboxylic acids is 1. The number of nitrogens with zero attached hydrogens (tertiary/aromatic N) is 2. The standard InChI is InChI=1S/C24H22ClN3O4/c25-15-5-8-18-19(9-15)26-23(32)24(18)10-17-20(28(24)11-13-1-2-13)12-27(21(17)29)16-6-3-14(4-7-16)22(30)31/h3-9,13,17,20H,1-2,10-12H2,(H,26,32)(H,30,31)/t17-,20-,24-/m1/s1. The molecule has 2 aromatic rings. The van der Waals surface area contributed by atoms with Crippen molar-refractivity contribution < 1.29 is 19.5 Å². The van der Waals surface area contributed by atoms with Crippen LogP contribution in [0.3, 0.4) is 0 Å². The van der Waals surface area contributed by atoms with Crippen molar-refractivity contribution in [3.8, 4) is 0 Å². The van der Waals surface area contributed by atoms with Gasteiger partial charge >= 0.3 is 5.97 Å². The molecule has 3 aliphatic heterocycles. The van der Waals surface area contributed by atoms with Crippen LogP contribution in [-0.4, -0.2) is 46.9 Å². The van der Waals surface area contributed by atoms with Crippen molar-refractivity contribution >= 4 is 40.8 Å². The molecule has 7 nitrogen and oxygen atoms in total. The van der Waals surface area contributed by atoms with Crippen LogP contribution in [0.15, 0.2) is 42.5 Å². The average molecular weight is 452 g/mol. The number of nitrogens with one attached hydrogen (secondary N) is 1. The number of hydrogen-bond acceptors (Lipinski definition) is 4. The van der Waals surface area contributed by atoms with E-state index in [9.17, 15) is 14.4 Å².